The Morgan fingerprint density at radius 1 is 1.10 bits per heavy atom. The first-order chi connectivity index (χ1) is 14.6. The van der Waals surface area contributed by atoms with E-state index < -0.39 is 0 Å². The average molecular weight is 411 g/mol. The van der Waals surface area contributed by atoms with Gasteiger partial charge in [-0.15, -0.1) is 0 Å². The fourth-order valence-electron chi connectivity index (χ4n) is 3.89. The Labute approximate surface area is 180 Å². The highest BCUT2D eigenvalue weighted by Gasteiger charge is 2.24. The van der Waals surface area contributed by atoms with Crippen molar-refractivity contribution in [2.45, 2.75) is 32.4 Å². The van der Waals surface area contributed by atoms with Gasteiger partial charge in [0.2, 0.25) is 0 Å². The van der Waals surface area contributed by atoms with Gasteiger partial charge in [-0.2, -0.15) is 0 Å². The molecule has 2 aromatic carbocycles. The van der Waals surface area contributed by atoms with Gasteiger partial charge < -0.3 is 20.5 Å². The molecule has 3 rings (SSSR count). The highest BCUT2D eigenvalue weighted by molar-refractivity contribution is 5.77. The van der Waals surface area contributed by atoms with Gasteiger partial charge in [0.05, 0.1) is 26.8 Å². The zero-order valence-electron chi connectivity index (χ0n) is 18.3. The number of hydrogen-bond donors (Lipinski definition) is 2. The molecule has 162 valence electrons. The molecule has 0 radical (unpaired) electrons. The number of nitrogens with zero attached hydrogens (tertiary/aromatic N) is 2. The molecule has 1 aliphatic heterocycles. The summed E-state index contributed by atoms with van der Waals surface area (Å²) in [4.78, 5) is 7.08. The maximum Gasteiger partial charge on any atom is 0.188 e. The lowest BCUT2D eigenvalue weighted by Gasteiger charge is -2.37. The Kier molecular flexibility index (Phi) is 7.97. The van der Waals surface area contributed by atoms with E-state index >= 15 is 0 Å². The van der Waals surface area contributed by atoms with Crippen LogP contribution in [0.1, 0.15) is 36.9 Å². The van der Waals surface area contributed by atoms with Crippen molar-refractivity contribution in [1.29, 1.82) is 0 Å². The second-order valence-corrected chi connectivity index (χ2v) is 7.92. The first kappa shape index (κ1) is 22.0. The summed E-state index contributed by atoms with van der Waals surface area (Å²) in [6.07, 6.45) is 2.48. The molecule has 0 aliphatic carbocycles. The average Bonchev–Trinajstić information content (AvgIpc) is 2.79. The van der Waals surface area contributed by atoms with Crippen molar-refractivity contribution in [3.05, 3.63) is 59.7 Å². The van der Waals surface area contributed by atoms with Gasteiger partial charge in [-0.1, -0.05) is 43.3 Å². The summed E-state index contributed by atoms with van der Waals surface area (Å²) in [6, 6.07) is 16.7. The molecule has 1 saturated heterocycles. The van der Waals surface area contributed by atoms with Crippen LogP contribution in [0.4, 0.5) is 0 Å². The molecule has 3 N–H and O–H groups in total. The fourth-order valence-corrected chi connectivity index (χ4v) is 3.89. The Bertz CT molecular complexity index is 817. The molecule has 30 heavy (non-hydrogen) atoms. The predicted octanol–water partition coefficient (Wildman–Crippen LogP) is 3.58. The zero-order valence-corrected chi connectivity index (χ0v) is 18.3. The van der Waals surface area contributed by atoms with E-state index in [0.29, 0.717) is 24.0 Å². The SMILES string of the molecule is COc1ccc(CN=C(N)NCC(c2ccccc2)N2CCC(C)CC2)cc1OC. The topological polar surface area (TPSA) is 72.1 Å². The second kappa shape index (κ2) is 10.9. The largest absolute Gasteiger partial charge is 0.493 e. The van der Waals surface area contributed by atoms with Gasteiger partial charge in [-0.3, -0.25) is 4.90 Å². The van der Waals surface area contributed by atoms with E-state index in [9.17, 15) is 0 Å². The van der Waals surface area contributed by atoms with Crippen molar-refractivity contribution in [2.75, 3.05) is 33.9 Å². The van der Waals surface area contributed by atoms with E-state index in [2.05, 4.69) is 52.5 Å². The van der Waals surface area contributed by atoms with E-state index in [4.69, 9.17) is 15.2 Å². The molecule has 0 spiro atoms. The summed E-state index contributed by atoms with van der Waals surface area (Å²) in [5.41, 5.74) is 8.52. The van der Waals surface area contributed by atoms with Crippen LogP contribution in [0.25, 0.3) is 0 Å². The number of rotatable bonds is 8. The maximum atomic E-state index is 6.19. The zero-order chi connectivity index (χ0) is 21.3. The van der Waals surface area contributed by atoms with Crippen LogP contribution in [-0.2, 0) is 6.54 Å². The number of benzene rings is 2. The van der Waals surface area contributed by atoms with E-state index in [0.717, 1.165) is 31.1 Å². The van der Waals surface area contributed by atoms with Gasteiger partial charge in [0, 0.05) is 6.54 Å². The summed E-state index contributed by atoms with van der Waals surface area (Å²) in [6.45, 7) is 5.79. The summed E-state index contributed by atoms with van der Waals surface area (Å²) >= 11 is 0. The number of ether oxygens (including phenoxy) is 2. The third-order valence-electron chi connectivity index (χ3n) is 5.80. The first-order valence-electron chi connectivity index (χ1n) is 10.6. The van der Waals surface area contributed by atoms with Crippen LogP contribution in [0, 0.1) is 5.92 Å². The lowest BCUT2D eigenvalue weighted by Crippen LogP contribution is -2.43. The molecule has 2 aromatic rings. The predicted molar refractivity (Wildman–Crippen MR) is 122 cm³/mol. The molecule has 0 bridgehead atoms. The van der Waals surface area contributed by atoms with Crippen molar-refractivity contribution in [3.63, 3.8) is 0 Å². The lowest BCUT2D eigenvalue weighted by molar-refractivity contribution is 0.138. The smallest absolute Gasteiger partial charge is 0.188 e. The number of nitrogens with one attached hydrogen (secondary N) is 1. The van der Waals surface area contributed by atoms with Crippen LogP contribution in [0.5, 0.6) is 11.5 Å². The Morgan fingerprint density at radius 2 is 1.80 bits per heavy atom. The molecule has 6 nitrogen and oxygen atoms in total. The Balaban J connectivity index is 1.63. The van der Waals surface area contributed by atoms with Crippen molar-refractivity contribution in [3.8, 4) is 11.5 Å². The highest BCUT2D eigenvalue weighted by atomic mass is 16.5. The first-order valence-corrected chi connectivity index (χ1v) is 10.6. The molecule has 1 fully saturated rings. The highest BCUT2D eigenvalue weighted by Crippen LogP contribution is 2.28. The quantitative estimate of drug-likeness (QED) is 0.514. The molecule has 6 heteroatoms. The maximum absolute atomic E-state index is 6.19. The molecule has 1 atom stereocenters. The number of hydrogen-bond acceptors (Lipinski definition) is 4. The summed E-state index contributed by atoms with van der Waals surface area (Å²) < 4.78 is 10.6. The van der Waals surface area contributed by atoms with Gasteiger partial charge in [0.25, 0.3) is 0 Å². The molecule has 1 aliphatic rings. The van der Waals surface area contributed by atoms with Crippen LogP contribution < -0.4 is 20.5 Å². The fraction of sp³-hybridized carbons (Fsp3) is 0.458. The minimum absolute atomic E-state index is 0.286. The number of piperidine rings is 1. The lowest BCUT2D eigenvalue weighted by atomic mass is 9.96. The van der Waals surface area contributed by atoms with Crippen LogP contribution in [0.2, 0.25) is 0 Å². The van der Waals surface area contributed by atoms with Crippen molar-refractivity contribution in [2.24, 2.45) is 16.6 Å². The summed E-state index contributed by atoms with van der Waals surface area (Å²) in [7, 11) is 3.26. The molecule has 1 heterocycles. The Morgan fingerprint density at radius 3 is 2.47 bits per heavy atom. The van der Waals surface area contributed by atoms with Crippen LogP contribution in [0.3, 0.4) is 0 Å². The van der Waals surface area contributed by atoms with Crippen LogP contribution in [0.15, 0.2) is 53.5 Å². The molecular formula is C24H34N4O2. The van der Waals surface area contributed by atoms with Gasteiger partial charge in [-0.25, -0.2) is 4.99 Å². The monoisotopic (exact) mass is 410 g/mol. The standard InChI is InChI=1S/C24H34N4O2/c1-18-11-13-28(14-12-18)21(20-7-5-4-6-8-20)17-27-24(25)26-16-19-9-10-22(29-2)23(15-19)30-3/h4-10,15,18,21H,11-14,16-17H2,1-3H3,(H3,25,26,27). The van der Waals surface area contributed by atoms with Crippen LogP contribution >= 0.6 is 0 Å². The van der Waals surface area contributed by atoms with Gasteiger partial charge in [0.15, 0.2) is 17.5 Å². The third kappa shape index (κ3) is 5.89. The van der Waals surface area contributed by atoms with Gasteiger partial charge >= 0.3 is 0 Å². The summed E-state index contributed by atoms with van der Waals surface area (Å²) in [5.74, 6) is 2.66. The number of nitrogens with two attached hydrogens (primary N) is 1. The van der Waals surface area contributed by atoms with Crippen LogP contribution in [-0.4, -0.2) is 44.7 Å². The second-order valence-electron chi connectivity index (χ2n) is 7.92. The molecule has 0 saturated carbocycles. The number of aliphatic imine (C=N–C) groups is 1. The normalized spacial score (nSPS) is 16.8. The van der Waals surface area contributed by atoms with Crippen molar-refractivity contribution >= 4 is 5.96 Å². The summed E-state index contributed by atoms with van der Waals surface area (Å²) in [5, 5.41) is 3.34. The molecule has 0 amide bonds. The van der Waals surface area contributed by atoms with E-state index in [1.807, 2.05) is 18.2 Å². The Hall–Kier alpha value is -2.73. The van der Waals surface area contributed by atoms with Gasteiger partial charge in [-0.05, 0) is 55.1 Å². The molecule has 0 aromatic heterocycles. The van der Waals surface area contributed by atoms with E-state index in [1.165, 1.54) is 18.4 Å². The van der Waals surface area contributed by atoms with Gasteiger partial charge in [0.1, 0.15) is 0 Å². The minimum atomic E-state index is 0.286. The number of methoxy groups -OCH3 is 2. The number of guanidine groups is 1. The number of likely N-dealkylation sites (tertiary alicyclic amines) is 1. The van der Waals surface area contributed by atoms with Crippen molar-refractivity contribution in [1.82, 2.24) is 10.2 Å². The molecule has 1 unspecified atom stereocenters. The van der Waals surface area contributed by atoms with E-state index in [1.54, 1.807) is 14.2 Å². The molecular weight excluding hydrogens is 376 g/mol. The van der Waals surface area contributed by atoms with Crippen molar-refractivity contribution < 1.29 is 9.47 Å². The third-order valence-corrected chi connectivity index (χ3v) is 5.80. The van der Waals surface area contributed by atoms with E-state index in [-0.39, 0.29) is 6.04 Å². The minimum Gasteiger partial charge on any atom is -0.493 e.